The summed E-state index contributed by atoms with van der Waals surface area (Å²) in [6.45, 7) is 1.73. The molecule has 22 heavy (non-hydrogen) atoms. The van der Waals surface area contributed by atoms with Crippen molar-refractivity contribution in [2.24, 2.45) is 11.3 Å². The van der Waals surface area contributed by atoms with Gasteiger partial charge in [-0.3, -0.25) is 4.79 Å². The number of aliphatic hydroxyl groups is 1. The lowest BCUT2D eigenvalue weighted by atomic mass is 9.63. The lowest BCUT2D eigenvalue weighted by Crippen LogP contribution is -2.58. The summed E-state index contributed by atoms with van der Waals surface area (Å²) in [6.07, 6.45) is 5.42. The van der Waals surface area contributed by atoms with E-state index in [1.54, 1.807) is 6.08 Å². The first-order chi connectivity index (χ1) is 10.7. The largest absolute Gasteiger partial charge is 0.388 e. The van der Waals surface area contributed by atoms with Gasteiger partial charge in [0, 0.05) is 12.5 Å². The molecule has 2 N–H and O–H groups in total. The minimum Gasteiger partial charge on any atom is -0.388 e. The molecular weight excluding hydrogens is 278 g/mol. The average molecular weight is 301 g/mol. The van der Waals surface area contributed by atoms with E-state index in [1.165, 1.54) is 0 Å². The Morgan fingerprint density at radius 1 is 1.32 bits per heavy atom. The van der Waals surface area contributed by atoms with Crippen molar-refractivity contribution in [2.75, 3.05) is 13.2 Å². The number of allylic oxidation sites excluding steroid dienone is 1. The Hall–Kier alpha value is -1.65. The van der Waals surface area contributed by atoms with Gasteiger partial charge in [-0.05, 0) is 24.8 Å². The van der Waals surface area contributed by atoms with Gasteiger partial charge in [-0.1, -0.05) is 42.5 Å². The molecule has 4 heteroatoms. The van der Waals surface area contributed by atoms with Crippen molar-refractivity contribution in [3.8, 4) is 0 Å². The fourth-order valence-corrected chi connectivity index (χ4v) is 3.64. The van der Waals surface area contributed by atoms with Gasteiger partial charge >= 0.3 is 0 Å². The molecule has 1 amide bonds. The van der Waals surface area contributed by atoms with Gasteiger partial charge in [-0.2, -0.15) is 0 Å². The van der Waals surface area contributed by atoms with Crippen LogP contribution in [0.5, 0.6) is 0 Å². The minimum absolute atomic E-state index is 0.0242. The maximum Gasteiger partial charge on any atom is 0.229 e. The van der Waals surface area contributed by atoms with E-state index < -0.39 is 11.5 Å². The fraction of sp³-hybridized carbons (Fsp3) is 0.500. The van der Waals surface area contributed by atoms with Crippen LogP contribution >= 0.6 is 0 Å². The van der Waals surface area contributed by atoms with Crippen LogP contribution in [0, 0.1) is 11.3 Å². The van der Waals surface area contributed by atoms with Crippen LogP contribution in [0.1, 0.15) is 24.8 Å². The molecule has 1 heterocycles. The molecular formula is C18H23NO3. The molecule has 2 aliphatic rings. The summed E-state index contributed by atoms with van der Waals surface area (Å²) < 4.78 is 5.86. The summed E-state index contributed by atoms with van der Waals surface area (Å²) in [7, 11) is 0. The molecule has 3 atom stereocenters. The van der Waals surface area contributed by atoms with E-state index in [0.717, 1.165) is 24.8 Å². The van der Waals surface area contributed by atoms with Gasteiger partial charge in [0.2, 0.25) is 5.91 Å². The first-order valence-corrected chi connectivity index (χ1v) is 7.98. The van der Waals surface area contributed by atoms with Gasteiger partial charge in [-0.25, -0.2) is 0 Å². The standard InChI is InChI=1S/C18H23NO3/c20-16-9-4-8-15(18(16)10-5-11-19-17(18)21)13-22-12-14-6-2-1-3-7-14/h1-4,6-7,9,15-16,20H,5,8,10-13H2,(H,19,21)/t15-,16+,18+/m1/s1. The Balaban J connectivity index is 1.68. The SMILES string of the molecule is O=C1NCCC[C@@]12[C@@H](COCc1ccccc1)CC=C[C@@H]2O. The van der Waals surface area contributed by atoms with E-state index in [1.807, 2.05) is 36.4 Å². The summed E-state index contributed by atoms with van der Waals surface area (Å²) in [4.78, 5) is 12.5. The van der Waals surface area contributed by atoms with Crippen LogP contribution in [-0.2, 0) is 16.1 Å². The van der Waals surface area contributed by atoms with Crippen LogP contribution in [0.3, 0.4) is 0 Å². The van der Waals surface area contributed by atoms with Crippen LogP contribution in [0.15, 0.2) is 42.5 Å². The van der Waals surface area contributed by atoms with Crippen LogP contribution < -0.4 is 5.32 Å². The number of benzene rings is 1. The average Bonchev–Trinajstić information content (AvgIpc) is 2.54. The second-order valence-corrected chi connectivity index (χ2v) is 6.21. The molecule has 4 nitrogen and oxygen atoms in total. The maximum absolute atomic E-state index is 12.5. The molecule has 0 saturated carbocycles. The third-order valence-corrected chi connectivity index (χ3v) is 4.90. The highest BCUT2D eigenvalue weighted by molar-refractivity contribution is 5.85. The number of nitrogens with one attached hydrogen (secondary N) is 1. The van der Waals surface area contributed by atoms with Crippen molar-refractivity contribution < 1.29 is 14.6 Å². The smallest absolute Gasteiger partial charge is 0.229 e. The van der Waals surface area contributed by atoms with Gasteiger partial charge in [0.1, 0.15) is 0 Å². The molecule has 1 aliphatic heterocycles. The van der Waals surface area contributed by atoms with Gasteiger partial charge in [-0.15, -0.1) is 0 Å². The highest BCUT2D eigenvalue weighted by Crippen LogP contribution is 2.44. The first kappa shape index (κ1) is 15.3. The first-order valence-electron chi connectivity index (χ1n) is 7.98. The molecule has 0 aromatic heterocycles. The molecule has 3 rings (SSSR count). The molecule has 1 aromatic carbocycles. The third kappa shape index (κ3) is 2.81. The van der Waals surface area contributed by atoms with E-state index in [9.17, 15) is 9.90 Å². The minimum atomic E-state index is -0.719. The number of piperidine rings is 1. The van der Waals surface area contributed by atoms with Crippen LogP contribution in [0.4, 0.5) is 0 Å². The predicted molar refractivity (Wildman–Crippen MR) is 84.0 cm³/mol. The monoisotopic (exact) mass is 301 g/mol. The summed E-state index contributed by atoms with van der Waals surface area (Å²) in [5.41, 5.74) is 0.403. The number of rotatable bonds is 4. The zero-order valence-corrected chi connectivity index (χ0v) is 12.7. The summed E-state index contributed by atoms with van der Waals surface area (Å²) >= 11 is 0. The Labute approximate surface area is 131 Å². The summed E-state index contributed by atoms with van der Waals surface area (Å²) in [5, 5.41) is 13.4. The topological polar surface area (TPSA) is 58.6 Å². The summed E-state index contributed by atoms with van der Waals surface area (Å²) in [6, 6.07) is 10.0. The van der Waals surface area contributed by atoms with Crippen molar-refractivity contribution >= 4 is 5.91 Å². The maximum atomic E-state index is 12.5. The normalized spacial score (nSPS) is 31.2. The number of hydrogen-bond acceptors (Lipinski definition) is 3. The molecule has 1 aliphatic carbocycles. The quantitative estimate of drug-likeness (QED) is 0.837. The van der Waals surface area contributed by atoms with Crippen molar-refractivity contribution in [3.05, 3.63) is 48.0 Å². The van der Waals surface area contributed by atoms with E-state index in [4.69, 9.17) is 4.74 Å². The van der Waals surface area contributed by atoms with Crippen molar-refractivity contribution in [1.29, 1.82) is 0 Å². The Morgan fingerprint density at radius 2 is 2.14 bits per heavy atom. The Morgan fingerprint density at radius 3 is 2.91 bits per heavy atom. The summed E-state index contributed by atoms with van der Waals surface area (Å²) in [5.74, 6) is 0.000392. The van der Waals surface area contributed by atoms with Crippen LogP contribution in [-0.4, -0.2) is 30.3 Å². The Bertz CT molecular complexity index is 543. The molecule has 1 saturated heterocycles. The zero-order valence-electron chi connectivity index (χ0n) is 12.7. The number of carbonyl (C=O) groups excluding carboxylic acids is 1. The van der Waals surface area contributed by atoms with Crippen molar-refractivity contribution in [1.82, 2.24) is 5.32 Å². The molecule has 1 spiro atoms. The fourth-order valence-electron chi connectivity index (χ4n) is 3.64. The molecule has 1 fully saturated rings. The van der Waals surface area contributed by atoms with Crippen LogP contribution in [0.2, 0.25) is 0 Å². The van der Waals surface area contributed by atoms with Crippen LogP contribution in [0.25, 0.3) is 0 Å². The Kier molecular flexibility index (Phi) is 4.60. The second-order valence-electron chi connectivity index (χ2n) is 6.21. The van der Waals surface area contributed by atoms with Gasteiger partial charge in [0.25, 0.3) is 0 Å². The lowest BCUT2D eigenvalue weighted by Gasteiger charge is -2.46. The van der Waals surface area contributed by atoms with E-state index >= 15 is 0 Å². The molecule has 0 radical (unpaired) electrons. The van der Waals surface area contributed by atoms with Gasteiger partial charge < -0.3 is 15.2 Å². The predicted octanol–water partition coefficient (Wildman–Crippen LogP) is 2.04. The lowest BCUT2D eigenvalue weighted by molar-refractivity contribution is -0.149. The molecule has 0 unspecified atom stereocenters. The zero-order chi connectivity index (χ0) is 15.4. The van der Waals surface area contributed by atoms with Crippen molar-refractivity contribution in [3.63, 3.8) is 0 Å². The van der Waals surface area contributed by atoms with E-state index in [2.05, 4.69) is 5.32 Å². The number of ether oxygens (including phenoxy) is 1. The number of hydrogen-bond donors (Lipinski definition) is 2. The highest BCUT2D eigenvalue weighted by Gasteiger charge is 2.52. The van der Waals surface area contributed by atoms with Crippen molar-refractivity contribution in [2.45, 2.75) is 32.0 Å². The third-order valence-electron chi connectivity index (χ3n) is 4.90. The molecule has 0 bridgehead atoms. The van der Waals surface area contributed by atoms with E-state index in [-0.39, 0.29) is 11.8 Å². The number of amides is 1. The second kappa shape index (κ2) is 6.63. The molecule has 118 valence electrons. The van der Waals surface area contributed by atoms with Gasteiger partial charge in [0.05, 0.1) is 24.7 Å². The highest BCUT2D eigenvalue weighted by atomic mass is 16.5. The van der Waals surface area contributed by atoms with Gasteiger partial charge in [0.15, 0.2) is 0 Å². The molecule has 1 aromatic rings. The van der Waals surface area contributed by atoms with E-state index in [0.29, 0.717) is 19.8 Å². The number of carbonyl (C=O) groups is 1. The number of aliphatic hydroxyl groups excluding tert-OH is 1.